The fraction of sp³-hybridized carbons (Fsp3) is 0.583. The van der Waals surface area contributed by atoms with Gasteiger partial charge >= 0.3 is 0 Å². The Morgan fingerprint density at radius 2 is 2.36 bits per heavy atom. The van der Waals surface area contributed by atoms with Crippen LogP contribution in [0.3, 0.4) is 0 Å². The predicted octanol–water partition coefficient (Wildman–Crippen LogP) is 2.08. The Morgan fingerprint density at radius 1 is 1.43 bits per heavy atom. The Kier molecular flexibility index (Phi) is 1.84. The van der Waals surface area contributed by atoms with E-state index in [0.717, 1.165) is 0 Å². The van der Waals surface area contributed by atoms with E-state index < -0.39 is 0 Å². The lowest BCUT2D eigenvalue weighted by molar-refractivity contribution is 0.238. The van der Waals surface area contributed by atoms with E-state index in [4.69, 9.17) is 0 Å². The van der Waals surface area contributed by atoms with Crippen LogP contribution in [0.1, 0.15) is 35.7 Å². The smallest absolute Gasteiger partial charge is 0.0610 e. The van der Waals surface area contributed by atoms with Crippen LogP contribution >= 0.6 is 0 Å². The van der Waals surface area contributed by atoms with Crippen LogP contribution in [-0.4, -0.2) is 23.0 Å². The number of nitrogens with zero attached hydrogens (tertiary/aromatic N) is 2. The number of aryl methyl sites for hydroxylation is 1. The van der Waals surface area contributed by atoms with E-state index in [1.807, 2.05) is 6.20 Å². The van der Waals surface area contributed by atoms with E-state index in [9.17, 15) is 0 Å². The Morgan fingerprint density at radius 3 is 3.29 bits per heavy atom. The maximum absolute atomic E-state index is 4.58. The quantitative estimate of drug-likeness (QED) is 0.619. The molecule has 2 nitrogen and oxygen atoms in total. The first kappa shape index (κ1) is 8.42. The van der Waals surface area contributed by atoms with Gasteiger partial charge in [-0.15, -0.1) is 0 Å². The molecule has 74 valence electrons. The van der Waals surface area contributed by atoms with E-state index in [-0.39, 0.29) is 0 Å². The lowest BCUT2D eigenvalue weighted by atomic mass is 9.95. The van der Waals surface area contributed by atoms with Crippen LogP contribution in [0.4, 0.5) is 0 Å². The maximum Gasteiger partial charge on any atom is 0.0610 e. The predicted molar refractivity (Wildman–Crippen MR) is 56.2 cm³/mol. The Hall–Kier alpha value is -0.890. The van der Waals surface area contributed by atoms with Gasteiger partial charge in [0.15, 0.2) is 0 Å². The third-order valence-corrected chi connectivity index (χ3v) is 3.65. The molecule has 1 aromatic heterocycles. The van der Waals surface area contributed by atoms with Crippen molar-refractivity contribution >= 4 is 0 Å². The van der Waals surface area contributed by atoms with E-state index >= 15 is 0 Å². The molecule has 1 saturated heterocycles. The van der Waals surface area contributed by atoms with Crippen LogP contribution in [0.15, 0.2) is 12.3 Å². The Balaban J connectivity index is 2.09. The molecule has 0 saturated carbocycles. The van der Waals surface area contributed by atoms with Gasteiger partial charge in [0.25, 0.3) is 0 Å². The van der Waals surface area contributed by atoms with Crippen molar-refractivity contribution in [2.75, 3.05) is 13.1 Å². The summed E-state index contributed by atoms with van der Waals surface area (Å²) in [7, 11) is 0. The summed E-state index contributed by atoms with van der Waals surface area (Å²) in [5.74, 6) is 0. The summed E-state index contributed by atoms with van der Waals surface area (Å²) in [5, 5.41) is 0. The maximum atomic E-state index is 4.58. The molecular formula is C12H16N2. The first-order valence-corrected chi connectivity index (χ1v) is 5.54. The van der Waals surface area contributed by atoms with Crippen LogP contribution in [-0.2, 0) is 6.42 Å². The molecule has 3 rings (SSSR count). The largest absolute Gasteiger partial charge is 0.294 e. The molecule has 0 N–H and O–H groups in total. The first-order chi connectivity index (χ1) is 6.86. The van der Waals surface area contributed by atoms with Crippen LogP contribution < -0.4 is 0 Å². The fourth-order valence-electron chi connectivity index (χ4n) is 2.88. The summed E-state index contributed by atoms with van der Waals surface area (Å²) in [6.45, 7) is 4.73. The van der Waals surface area contributed by atoms with Crippen LogP contribution in [0.5, 0.6) is 0 Å². The van der Waals surface area contributed by atoms with Gasteiger partial charge in [0.1, 0.15) is 0 Å². The number of pyridine rings is 1. The number of hydrogen-bond donors (Lipinski definition) is 0. The molecule has 14 heavy (non-hydrogen) atoms. The summed E-state index contributed by atoms with van der Waals surface area (Å²) < 4.78 is 0. The normalized spacial score (nSPS) is 25.9. The van der Waals surface area contributed by atoms with E-state index in [1.54, 1.807) is 0 Å². The highest BCUT2D eigenvalue weighted by Crippen LogP contribution is 2.36. The molecule has 0 aliphatic carbocycles. The van der Waals surface area contributed by atoms with Crippen molar-refractivity contribution in [2.24, 2.45) is 0 Å². The van der Waals surface area contributed by atoms with E-state index in [0.29, 0.717) is 6.04 Å². The van der Waals surface area contributed by atoms with Gasteiger partial charge in [-0.25, -0.2) is 0 Å². The topological polar surface area (TPSA) is 16.1 Å². The zero-order valence-corrected chi connectivity index (χ0v) is 8.66. The first-order valence-electron chi connectivity index (χ1n) is 5.54. The molecule has 0 radical (unpaired) electrons. The van der Waals surface area contributed by atoms with Crippen LogP contribution in [0.2, 0.25) is 0 Å². The zero-order valence-electron chi connectivity index (χ0n) is 8.66. The van der Waals surface area contributed by atoms with E-state index in [1.165, 1.54) is 49.2 Å². The van der Waals surface area contributed by atoms with Gasteiger partial charge in [-0.05, 0) is 49.9 Å². The monoisotopic (exact) mass is 188 g/mol. The van der Waals surface area contributed by atoms with Crippen molar-refractivity contribution < 1.29 is 0 Å². The second kappa shape index (κ2) is 3.06. The minimum atomic E-state index is 0.638. The third-order valence-electron chi connectivity index (χ3n) is 3.65. The van der Waals surface area contributed by atoms with Crippen molar-refractivity contribution in [3.63, 3.8) is 0 Å². The second-order valence-electron chi connectivity index (χ2n) is 4.44. The lowest BCUT2D eigenvalue weighted by Gasteiger charge is -2.31. The summed E-state index contributed by atoms with van der Waals surface area (Å²) in [6, 6.07) is 2.78. The van der Waals surface area contributed by atoms with E-state index in [2.05, 4.69) is 22.9 Å². The highest BCUT2D eigenvalue weighted by atomic mass is 15.2. The fourth-order valence-corrected chi connectivity index (χ4v) is 2.88. The SMILES string of the molecule is Cc1ccnc2c1CCN1CCCC21. The average molecular weight is 188 g/mol. The Labute approximate surface area is 85.0 Å². The Bertz CT molecular complexity index is 359. The van der Waals surface area contributed by atoms with Gasteiger partial charge < -0.3 is 0 Å². The molecule has 1 aromatic rings. The number of rotatable bonds is 0. The highest BCUT2D eigenvalue weighted by Gasteiger charge is 2.32. The minimum absolute atomic E-state index is 0.638. The van der Waals surface area contributed by atoms with Crippen molar-refractivity contribution in [1.82, 2.24) is 9.88 Å². The molecule has 2 heteroatoms. The van der Waals surface area contributed by atoms with Gasteiger partial charge in [-0.1, -0.05) is 0 Å². The lowest BCUT2D eigenvalue weighted by Crippen LogP contribution is -2.32. The van der Waals surface area contributed by atoms with Crippen molar-refractivity contribution in [3.8, 4) is 0 Å². The molecule has 2 aliphatic heterocycles. The van der Waals surface area contributed by atoms with Crippen molar-refractivity contribution in [1.29, 1.82) is 0 Å². The highest BCUT2D eigenvalue weighted by molar-refractivity contribution is 5.33. The molecule has 1 atom stereocenters. The van der Waals surface area contributed by atoms with Crippen LogP contribution in [0, 0.1) is 6.92 Å². The summed E-state index contributed by atoms with van der Waals surface area (Å²) in [5.41, 5.74) is 4.32. The number of hydrogen-bond acceptors (Lipinski definition) is 2. The van der Waals surface area contributed by atoms with Crippen LogP contribution in [0.25, 0.3) is 0 Å². The third kappa shape index (κ3) is 1.10. The average Bonchev–Trinajstić information content (AvgIpc) is 2.66. The molecule has 1 unspecified atom stereocenters. The summed E-state index contributed by atoms with van der Waals surface area (Å²) >= 11 is 0. The molecule has 2 aliphatic rings. The molecule has 0 bridgehead atoms. The number of fused-ring (bicyclic) bond motifs is 3. The second-order valence-corrected chi connectivity index (χ2v) is 4.44. The van der Waals surface area contributed by atoms with Gasteiger partial charge in [0.05, 0.1) is 11.7 Å². The summed E-state index contributed by atoms with van der Waals surface area (Å²) in [6.07, 6.45) is 5.82. The molecule has 0 amide bonds. The van der Waals surface area contributed by atoms with Gasteiger partial charge in [0.2, 0.25) is 0 Å². The molecule has 3 heterocycles. The standard InChI is InChI=1S/C12H16N2/c1-9-4-6-13-12-10(9)5-8-14-7-2-3-11(12)14/h4,6,11H,2-3,5,7-8H2,1H3. The zero-order chi connectivity index (χ0) is 9.54. The van der Waals surface area contributed by atoms with Gasteiger partial charge in [-0.3, -0.25) is 9.88 Å². The minimum Gasteiger partial charge on any atom is -0.294 e. The molecule has 1 fully saturated rings. The number of aromatic nitrogens is 1. The van der Waals surface area contributed by atoms with Gasteiger partial charge in [0, 0.05) is 12.7 Å². The molecule has 0 spiro atoms. The van der Waals surface area contributed by atoms with Gasteiger partial charge in [-0.2, -0.15) is 0 Å². The molecule has 0 aromatic carbocycles. The van der Waals surface area contributed by atoms with Crippen molar-refractivity contribution in [3.05, 3.63) is 29.1 Å². The summed E-state index contributed by atoms with van der Waals surface area (Å²) in [4.78, 5) is 7.17. The molecular weight excluding hydrogens is 172 g/mol. The van der Waals surface area contributed by atoms with Crippen molar-refractivity contribution in [2.45, 2.75) is 32.2 Å².